The Morgan fingerprint density at radius 1 is 1.19 bits per heavy atom. The van der Waals surface area contributed by atoms with E-state index in [0.717, 1.165) is 34.4 Å². The molecular formula is C22H27N3O. The summed E-state index contributed by atoms with van der Waals surface area (Å²) in [6.45, 7) is 3.45. The highest BCUT2D eigenvalue weighted by atomic mass is 16.2. The molecule has 0 radical (unpaired) electrons. The van der Waals surface area contributed by atoms with Gasteiger partial charge < -0.3 is 0 Å². The zero-order chi connectivity index (χ0) is 18.1. The van der Waals surface area contributed by atoms with Crippen molar-refractivity contribution >= 4 is 17.7 Å². The first-order valence-corrected chi connectivity index (χ1v) is 9.70. The lowest BCUT2D eigenvalue weighted by Crippen LogP contribution is -2.47. The van der Waals surface area contributed by atoms with Crippen LogP contribution in [0.1, 0.15) is 59.2 Å². The van der Waals surface area contributed by atoms with Crippen LogP contribution < -0.4 is 0 Å². The first kappa shape index (κ1) is 17.2. The van der Waals surface area contributed by atoms with Crippen molar-refractivity contribution in [1.82, 2.24) is 10.0 Å². The van der Waals surface area contributed by atoms with Crippen LogP contribution in [0.2, 0.25) is 0 Å². The lowest BCUT2D eigenvalue weighted by molar-refractivity contribution is -0.0282. The molecule has 2 heterocycles. The molecule has 1 aliphatic carbocycles. The minimum Gasteiger partial charge on any atom is -0.288 e. The number of nitrogens with zero attached hydrogens (tertiary/aromatic N) is 3. The fourth-order valence-electron chi connectivity index (χ4n) is 4.38. The predicted octanol–water partition coefficient (Wildman–Crippen LogP) is 4.15. The lowest BCUT2D eigenvalue weighted by atomic mass is 9.95. The summed E-state index contributed by atoms with van der Waals surface area (Å²) in [5.74, 6) is 0.153. The van der Waals surface area contributed by atoms with Crippen LogP contribution in [-0.4, -0.2) is 41.8 Å². The molecule has 2 aliphatic heterocycles. The van der Waals surface area contributed by atoms with E-state index in [1.807, 2.05) is 17.3 Å². The number of rotatable bonds is 3. The molecule has 1 saturated carbocycles. The molecule has 0 bridgehead atoms. The Hall–Kier alpha value is -2.20. The van der Waals surface area contributed by atoms with Crippen LogP contribution in [0.3, 0.4) is 0 Å². The summed E-state index contributed by atoms with van der Waals surface area (Å²) in [5.41, 5.74) is 5.33. The van der Waals surface area contributed by atoms with Gasteiger partial charge in [-0.1, -0.05) is 43.6 Å². The molecule has 0 spiro atoms. The summed E-state index contributed by atoms with van der Waals surface area (Å²) in [7, 11) is 2.08. The summed E-state index contributed by atoms with van der Waals surface area (Å²) >= 11 is 0. The van der Waals surface area contributed by atoms with E-state index in [1.165, 1.54) is 32.1 Å². The zero-order valence-corrected chi connectivity index (χ0v) is 15.7. The monoisotopic (exact) mass is 349 g/mol. The Morgan fingerprint density at radius 3 is 2.81 bits per heavy atom. The topological polar surface area (TPSA) is 35.9 Å². The molecule has 1 aromatic carbocycles. The number of aliphatic imine (C=N–C) groups is 1. The molecule has 136 valence electrons. The predicted molar refractivity (Wildman–Crippen MR) is 106 cm³/mol. The van der Waals surface area contributed by atoms with Crippen molar-refractivity contribution in [3.8, 4) is 0 Å². The summed E-state index contributed by atoms with van der Waals surface area (Å²) in [5, 5.41) is 4.16. The molecule has 26 heavy (non-hydrogen) atoms. The minimum atomic E-state index is 0.153. The molecule has 0 aromatic heterocycles. The second kappa shape index (κ2) is 7.20. The maximum absolute atomic E-state index is 13.1. The molecule has 4 nitrogen and oxygen atoms in total. The first-order chi connectivity index (χ1) is 12.6. The van der Waals surface area contributed by atoms with Crippen molar-refractivity contribution in [2.24, 2.45) is 4.99 Å². The van der Waals surface area contributed by atoms with Crippen LogP contribution in [0.25, 0.3) is 5.57 Å². The molecule has 0 saturated heterocycles. The molecular weight excluding hydrogens is 322 g/mol. The molecule has 1 aromatic rings. The van der Waals surface area contributed by atoms with Gasteiger partial charge in [-0.05, 0) is 48.1 Å². The van der Waals surface area contributed by atoms with Gasteiger partial charge in [-0.2, -0.15) is 0 Å². The van der Waals surface area contributed by atoms with Gasteiger partial charge >= 0.3 is 0 Å². The van der Waals surface area contributed by atoms with Crippen LogP contribution in [0, 0.1) is 6.92 Å². The van der Waals surface area contributed by atoms with E-state index in [4.69, 9.17) is 0 Å². The van der Waals surface area contributed by atoms with Gasteiger partial charge in [-0.25, -0.2) is 5.01 Å². The van der Waals surface area contributed by atoms with Gasteiger partial charge in [0.2, 0.25) is 0 Å². The van der Waals surface area contributed by atoms with Gasteiger partial charge in [0.15, 0.2) is 0 Å². The molecule has 3 aliphatic rings. The lowest BCUT2D eigenvalue weighted by Gasteiger charge is -2.37. The SMILES string of the molecule is Cc1cc(C2=CC=CCN=C2)cc2c1C(=O)N(N(C)C1CCCCC1)C2. The number of hydrogen-bond donors (Lipinski definition) is 0. The smallest absolute Gasteiger partial charge is 0.269 e. The van der Waals surface area contributed by atoms with Crippen molar-refractivity contribution in [2.75, 3.05) is 13.6 Å². The van der Waals surface area contributed by atoms with Gasteiger partial charge in [-0.3, -0.25) is 14.8 Å². The molecule has 1 amide bonds. The van der Waals surface area contributed by atoms with Gasteiger partial charge in [0.1, 0.15) is 0 Å². The number of benzene rings is 1. The summed E-state index contributed by atoms with van der Waals surface area (Å²) in [6, 6.07) is 4.78. The Balaban J connectivity index is 1.62. The van der Waals surface area contributed by atoms with Crippen LogP contribution in [0.15, 0.2) is 35.4 Å². The van der Waals surface area contributed by atoms with Crippen LogP contribution in [0.5, 0.6) is 0 Å². The Kier molecular flexibility index (Phi) is 4.77. The zero-order valence-electron chi connectivity index (χ0n) is 15.7. The van der Waals surface area contributed by atoms with Crippen LogP contribution in [0.4, 0.5) is 0 Å². The third-order valence-electron chi connectivity index (χ3n) is 5.86. The third kappa shape index (κ3) is 3.14. The van der Waals surface area contributed by atoms with Crippen molar-refractivity contribution < 1.29 is 4.79 Å². The van der Waals surface area contributed by atoms with Gasteiger partial charge in [0, 0.05) is 24.9 Å². The fourth-order valence-corrected chi connectivity index (χ4v) is 4.38. The minimum absolute atomic E-state index is 0.153. The fraction of sp³-hybridized carbons (Fsp3) is 0.455. The van der Waals surface area contributed by atoms with E-state index in [9.17, 15) is 4.79 Å². The van der Waals surface area contributed by atoms with E-state index in [2.05, 4.69) is 48.3 Å². The van der Waals surface area contributed by atoms with Gasteiger partial charge in [0.25, 0.3) is 5.91 Å². The first-order valence-electron chi connectivity index (χ1n) is 9.70. The highest BCUT2D eigenvalue weighted by molar-refractivity contribution is 6.11. The second-order valence-electron chi connectivity index (χ2n) is 7.60. The van der Waals surface area contributed by atoms with Crippen LogP contribution in [-0.2, 0) is 6.54 Å². The molecule has 1 fully saturated rings. The van der Waals surface area contributed by atoms with Gasteiger partial charge in [-0.15, -0.1) is 0 Å². The van der Waals surface area contributed by atoms with E-state index in [0.29, 0.717) is 12.6 Å². The molecule has 4 rings (SSSR count). The average molecular weight is 349 g/mol. The second-order valence-corrected chi connectivity index (χ2v) is 7.60. The highest BCUT2D eigenvalue weighted by Gasteiger charge is 2.35. The standard InChI is InChI=1S/C22H27N3O/c1-16-12-18(17-8-6-7-11-23-14-17)13-19-15-25(22(26)21(16)19)24(2)20-9-4-3-5-10-20/h6-8,12-14,20H,3-5,9-11,15H2,1-2H3. The van der Waals surface area contributed by atoms with E-state index >= 15 is 0 Å². The highest BCUT2D eigenvalue weighted by Crippen LogP contribution is 2.32. The third-order valence-corrected chi connectivity index (χ3v) is 5.86. The Labute approximate surface area is 155 Å². The molecule has 0 N–H and O–H groups in total. The number of hydrogen-bond acceptors (Lipinski definition) is 3. The normalized spacial score (nSPS) is 20.5. The summed E-state index contributed by atoms with van der Waals surface area (Å²) in [4.78, 5) is 17.5. The van der Waals surface area contributed by atoms with Crippen LogP contribution >= 0.6 is 0 Å². The number of carbonyl (C=O) groups is 1. The Bertz CT molecular complexity index is 800. The van der Waals surface area contributed by atoms with E-state index in [1.54, 1.807) is 0 Å². The Morgan fingerprint density at radius 2 is 2.00 bits per heavy atom. The van der Waals surface area contributed by atoms with E-state index in [-0.39, 0.29) is 5.91 Å². The summed E-state index contributed by atoms with van der Waals surface area (Å²) in [6.07, 6.45) is 14.4. The molecule has 4 heteroatoms. The number of hydrazine groups is 1. The number of aryl methyl sites for hydroxylation is 1. The number of allylic oxidation sites excluding steroid dienone is 3. The molecule has 0 unspecified atom stereocenters. The maximum Gasteiger partial charge on any atom is 0.269 e. The van der Waals surface area contributed by atoms with Crippen molar-refractivity contribution in [1.29, 1.82) is 0 Å². The molecule has 0 atom stereocenters. The quantitative estimate of drug-likeness (QED) is 0.822. The number of amides is 1. The van der Waals surface area contributed by atoms with Gasteiger partial charge in [0.05, 0.1) is 13.1 Å². The van der Waals surface area contributed by atoms with Crippen molar-refractivity contribution in [2.45, 2.75) is 51.6 Å². The maximum atomic E-state index is 13.1. The average Bonchev–Trinajstić information content (AvgIpc) is 2.84. The summed E-state index contributed by atoms with van der Waals surface area (Å²) < 4.78 is 0. The van der Waals surface area contributed by atoms with Crippen molar-refractivity contribution in [3.63, 3.8) is 0 Å². The van der Waals surface area contributed by atoms with E-state index < -0.39 is 0 Å². The number of carbonyl (C=O) groups excluding carboxylic acids is 1. The van der Waals surface area contributed by atoms with Crippen molar-refractivity contribution in [3.05, 3.63) is 52.6 Å². The largest absolute Gasteiger partial charge is 0.288 e. The number of fused-ring (bicyclic) bond motifs is 1.